The van der Waals surface area contributed by atoms with Gasteiger partial charge in [-0.05, 0) is 25.7 Å². The van der Waals surface area contributed by atoms with Crippen LogP contribution < -0.4 is 5.32 Å². The Labute approximate surface area is 128 Å². The van der Waals surface area contributed by atoms with Gasteiger partial charge in [0.05, 0.1) is 24.9 Å². The summed E-state index contributed by atoms with van der Waals surface area (Å²) in [6, 6.07) is 0. The van der Waals surface area contributed by atoms with E-state index >= 15 is 0 Å². The van der Waals surface area contributed by atoms with Crippen LogP contribution in [-0.2, 0) is 9.53 Å². The number of morpholine rings is 1. The molecule has 1 amide bonds. The summed E-state index contributed by atoms with van der Waals surface area (Å²) in [5, 5.41) is 3.65. The number of rotatable bonds is 5. The molecule has 3 fully saturated rings. The van der Waals surface area contributed by atoms with E-state index in [2.05, 4.69) is 22.0 Å². The average Bonchev–Trinajstić information content (AvgIpc) is 3.09. The van der Waals surface area contributed by atoms with Crippen molar-refractivity contribution >= 4 is 5.91 Å². The molecule has 1 spiro atoms. The fourth-order valence-corrected chi connectivity index (χ4v) is 4.08. The highest BCUT2D eigenvalue weighted by Gasteiger charge is 2.51. The fraction of sp³-hybridized carbons (Fsp3) is 0.938. The van der Waals surface area contributed by atoms with E-state index in [1.54, 1.807) is 0 Å². The highest BCUT2D eigenvalue weighted by Crippen LogP contribution is 2.36. The number of amides is 1. The highest BCUT2D eigenvalue weighted by molar-refractivity contribution is 5.89. The molecule has 1 saturated carbocycles. The standard InChI is InChI=1S/C16H29N3O2/c1-2-14-17-16(6-3-4-7-16)15(20)19(14)9-5-8-18-10-12-21-13-11-18/h14,17H,2-13H2,1H3. The molecular weight excluding hydrogens is 266 g/mol. The molecule has 1 atom stereocenters. The second-order valence-corrected chi connectivity index (χ2v) is 6.66. The summed E-state index contributed by atoms with van der Waals surface area (Å²) in [6.07, 6.45) is 6.77. The van der Waals surface area contributed by atoms with Gasteiger partial charge in [0.25, 0.3) is 0 Å². The normalized spacial score (nSPS) is 29.7. The molecule has 0 aromatic carbocycles. The zero-order valence-electron chi connectivity index (χ0n) is 13.3. The molecule has 0 bridgehead atoms. The van der Waals surface area contributed by atoms with Crippen molar-refractivity contribution in [3.63, 3.8) is 0 Å². The molecule has 5 heteroatoms. The van der Waals surface area contributed by atoms with E-state index in [-0.39, 0.29) is 11.7 Å². The summed E-state index contributed by atoms with van der Waals surface area (Å²) >= 11 is 0. The van der Waals surface area contributed by atoms with Crippen molar-refractivity contribution < 1.29 is 9.53 Å². The molecule has 3 rings (SSSR count). The minimum atomic E-state index is -0.209. The lowest BCUT2D eigenvalue weighted by Gasteiger charge is -2.28. The van der Waals surface area contributed by atoms with Gasteiger partial charge in [0.1, 0.15) is 0 Å². The van der Waals surface area contributed by atoms with Crippen LogP contribution in [0.15, 0.2) is 0 Å². The van der Waals surface area contributed by atoms with Crippen molar-refractivity contribution in [1.29, 1.82) is 0 Å². The zero-order valence-corrected chi connectivity index (χ0v) is 13.3. The van der Waals surface area contributed by atoms with Crippen molar-refractivity contribution in [2.45, 2.75) is 57.2 Å². The smallest absolute Gasteiger partial charge is 0.244 e. The van der Waals surface area contributed by atoms with Gasteiger partial charge in [0.2, 0.25) is 5.91 Å². The van der Waals surface area contributed by atoms with Gasteiger partial charge in [-0.25, -0.2) is 0 Å². The van der Waals surface area contributed by atoms with E-state index in [9.17, 15) is 4.79 Å². The average molecular weight is 295 g/mol. The topological polar surface area (TPSA) is 44.8 Å². The molecule has 120 valence electrons. The van der Waals surface area contributed by atoms with Crippen LogP contribution in [0.25, 0.3) is 0 Å². The lowest BCUT2D eigenvalue weighted by molar-refractivity contribution is -0.133. The molecule has 5 nitrogen and oxygen atoms in total. The first kappa shape index (κ1) is 15.3. The molecule has 1 unspecified atom stereocenters. The Morgan fingerprint density at radius 1 is 1.24 bits per heavy atom. The van der Waals surface area contributed by atoms with Gasteiger partial charge in [0, 0.05) is 26.2 Å². The van der Waals surface area contributed by atoms with E-state index in [0.29, 0.717) is 5.91 Å². The number of carbonyl (C=O) groups is 1. The van der Waals surface area contributed by atoms with Crippen LogP contribution in [0.3, 0.4) is 0 Å². The predicted molar refractivity (Wildman–Crippen MR) is 82.0 cm³/mol. The lowest BCUT2D eigenvalue weighted by Crippen LogP contribution is -2.44. The van der Waals surface area contributed by atoms with Crippen LogP contribution in [-0.4, -0.2) is 66.8 Å². The van der Waals surface area contributed by atoms with Crippen LogP contribution >= 0.6 is 0 Å². The Hall–Kier alpha value is -0.650. The molecule has 1 N–H and O–H groups in total. The fourth-order valence-electron chi connectivity index (χ4n) is 4.08. The summed E-state index contributed by atoms with van der Waals surface area (Å²) in [7, 11) is 0. The third kappa shape index (κ3) is 3.10. The minimum absolute atomic E-state index is 0.209. The first-order valence-corrected chi connectivity index (χ1v) is 8.64. The maximum absolute atomic E-state index is 12.8. The Morgan fingerprint density at radius 2 is 1.95 bits per heavy atom. The largest absolute Gasteiger partial charge is 0.379 e. The van der Waals surface area contributed by atoms with E-state index < -0.39 is 0 Å². The predicted octanol–water partition coefficient (Wildman–Crippen LogP) is 1.19. The Kier molecular flexibility index (Phi) is 4.82. The van der Waals surface area contributed by atoms with Gasteiger partial charge in [-0.2, -0.15) is 0 Å². The number of ether oxygens (including phenoxy) is 1. The van der Waals surface area contributed by atoms with Crippen LogP contribution in [0.5, 0.6) is 0 Å². The van der Waals surface area contributed by atoms with Crippen molar-refractivity contribution in [3.05, 3.63) is 0 Å². The van der Waals surface area contributed by atoms with Gasteiger partial charge < -0.3 is 9.64 Å². The number of hydrogen-bond acceptors (Lipinski definition) is 4. The van der Waals surface area contributed by atoms with Crippen molar-refractivity contribution in [2.24, 2.45) is 0 Å². The van der Waals surface area contributed by atoms with Gasteiger partial charge >= 0.3 is 0 Å². The van der Waals surface area contributed by atoms with Crippen LogP contribution in [0, 0.1) is 0 Å². The second kappa shape index (κ2) is 6.63. The summed E-state index contributed by atoms with van der Waals surface area (Å²) in [5.41, 5.74) is -0.209. The molecule has 3 aliphatic rings. The first-order chi connectivity index (χ1) is 10.2. The van der Waals surface area contributed by atoms with Crippen LogP contribution in [0.2, 0.25) is 0 Å². The summed E-state index contributed by atoms with van der Waals surface area (Å²) in [6.45, 7) is 7.92. The second-order valence-electron chi connectivity index (χ2n) is 6.66. The minimum Gasteiger partial charge on any atom is -0.379 e. The maximum atomic E-state index is 12.8. The Bertz CT molecular complexity index is 363. The van der Waals surface area contributed by atoms with Gasteiger partial charge in [0.15, 0.2) is 0 Å². The van der Waals surface area contributed by atoms with E-state index in [1.807, 2.05) is 0 Å². The molecule has 2 heterocycles. The number of hydrogen-bond donors (Lipinski definition) is 1. The third-order valence-corrected chi connectivity index (χ3v) is 5.31. The Morgan fingerprint density at radius 3 is 2.62 bits per heavy atom. The quantitative estimate of drug-likeness (QED) is 0.827. The van der Waals surface area contributed by atoms with Crippen molar-refractivity contribution in [2.75, 3.05) is 39.4 Å². The van der Waals surface area contributed by atoms with Crippen molar-refractivity contribution in [1.82, 2.24) is 15.1 Å². The molecule has 2 aliphatic heterocycles. The molecular formula is C16H29N3O2. The van der Waals surface area contributed by atoms with Crippen LogP contribution in [0.4, 0.5) is 0 Å². The highest BCUT2D eigenvalue weighted by atomic mass is 16.5. The number of carbonyl (C=O) groups excluding carboxylic acids is 1. The van der Waals surface area contributed by atoms with E-state index in [4.69, 9.17) is 4.74 Å². The summed E-state index contributed by atoms with van der Waals surface area (Å²) in [4.78, 5) is 17.4. The van der Waals surface area contributed by atoms with Crippen molar-refractivity contribution in [3.8, 4) is 0 Å². The molecule has 0 radical (unpaired) electrons. The monoisotopic (exact) mass is 295 g/mol. The number of nitrogens with one attached hydrogen (secondary N) is 1. The van der Waals surface area contributed by atoms with E-state index in [1.165, 1.54) is 12.8 Å². The molecule has 1 aliphatic carbocycles. The summed E-state index contributed by atoms with van der Waals surface area (Å²) < 4.78 is 5.38. The maximum Gasteiger partial charge on any atom is 0.244 e. The third-order valence-electron chi connectivity index (χ3n) is 5.31. The first-order valence-electron chi connectivity index (χ1n) is 8.64. The molecule has 2 saturated heterocycles. The van der Waals surface area contributed by atoms with Crippen LogP contribution in [0.1, 0.15) is 45.4 Å². The molecule has 0 aromatic rings. The van der Waals surface area contributed by atoms with Gasteiger partial charge in [-0.15, -0.1) is 0 Å². The Balaban J connectivity index is 1.52. The number of nitrogens with zero attached hydrogens (tertiary/aromatic N) is 2. The lowest BCUT2D eigenvalue weighted by atomic mass is 9.98. The molecule has 0 aromatic heterocycles. The van der Waals surface area contributed by atoms with Gasteiger partial charge in [-0.1, -0.05) is 19.8 Å². The SMILES string of the molecule is CCC1NC2(CCCC2)C(=O)N1CCCN1CCOCC1. The van der Waals surface area contributed by atoms with Gasteiger partial charge in [-0.3, -0.25) is 15.0 Å². The zero-order chi connectivity index (χ0) is 14.7. The summed E-state index contributed by atoms with van der Waals surface area (Å²) in [5.74, 6) is 0.369. The van der Waals surface area contributed by atoms with E-state index in [0.717, 1.165) is 65.1 Å². The molecule has 21 heavy (non-hydrogen) atoms.